The van der Waals surface area contributed by atoms with Crippen LogP contribution < -0.4 is 0 Å². The van der Waals surface area contributed by atoms with E-state index in [1.807, 2.05) is 27.7 Å². The third-order valence-corrected chi connectivity index (χ3v) is 6.44. The predicted molar refractivity (Wildman–Crippen MR) is 117 cm³/mol. The molecule has 0 saturated carbocycles. The Bertz CT molecular complexity index is 897. The summed E-state index contributed by atoms with van der Waals surface area (Å²) in [4.78, 5) is 26.4. The molecule has 172 valence electrons. The first kappa shape index (κ1) is 22.4. The van der Waals surface area contributed by atoms with Crippen molar-refractivity contribution in [3.63, 3.8) is 0 Å². The Labute approximate surface area is 188 Å². The van der Waals surface area contributed by atoms with Gasteiger partial charge in [0.2, 0.25) is 5.82 Å². The number of hydrogen-bond acceptors (Lipinski definition) is 6. The molecule has 5 rings (SSSR count). The van der Waals surface area contributed by atoms with Crippen LogP contribution in [0.5, 0.6) is 0 Å². The third-order valence-electron chi connectivity index (χ3n) is 6.44. The minimum atomic E-state index is -0.250. The number of ether oxygens (including phenoxy) is 1. The maximum absolute atomic E-state index is 13.6. The average molecular weight is 442 g/mol. The van der Waals surface area contributed by atoms with Crippen LogP contribution in [0, 0.1) is 0 Å². The molecule has 1 aromatic heterocycles. The molecule has 2 aromatic rings. The molecule has 2 saturated heterocycles. The second-order valence-electron chi connectivity index (χ2n) is 8.43. The molecule has 0 spiro atoms. The van der Waals surface area contributed by atoms with Gasteiger partial charge in [0.05, 0.1) is 18.8 Å². The third kappa shape index (κ3) is 4.83. The van der Waals surface area contributed by atoms with Gasteiger partial charge in [0.15, 0.2) is 0 Å². The molecule has 1 amide bonds. The summed E-state index contributed by atoms with van der Waals surface area (Å²) >= 11 is 0. The Morgan fingerprint density at radius 3 is 2.53 bits per heavy atom. The van der Waals surface area contributed by atoms with Crippen molar-refractivity contribution < 1.29 is 19.4 Å². The molecule has 0 bridgehead atoms. The molecule has 0 unspecified atom stereocenters. The van der Waals surface area contributed by atoms with Crippen molar-refractivity contribution in [3.05, 3.63) is 47.5 Å². The summed E-state index contributed by atoms with van der Waals surface area (Å²) in [6.45, 7) is 4.83. The number of nitrogens with zero attached hydrogens (tertiary/aromatic N) is 5. The Morgan fingerprint density at radius 2 is 1.78 bits per heavy atom. The fourth-order valence-electron chi connectivity index (χ4n) is 4.97. The second kappa shape index (κ2) is 10.7. The standard InChI is InChI=1S/C22H29N5O2.CH2O2/c28-22(21-24-23-19-10-4-5-13-26(19)21)27-14-15-29-18(16-25-11-6-7-12-25)20(27)17-8-2-1-3-9-17;2-1-3/h1-3,8-9,18,20H,4-7,10-16H2;1H,(H,2,3)/t18-,20-;/m0./s1. The molecule has 3 aliphatic heterocycles. The van der Waals surface area contributed by atoms with E-state index < -0.39 is 0 Å². The average Bonchev–Trinajstić information content (AvgIpc) is 3.49. The molecule has 32 heavy (non-hydrogen) atoms. The first-order chi connectivity index (χ1) is 15.7. The molecular weight excluding hydrogens is 410 g/mol. The molecule has 2 fully saturated rings. The number of carboxylic acid groups (broad SMARTS) is 1. The van der Waals surface area contributed by atoms with Crippen LogP contribution in [0.1, 0.15) is 53.7 Å². The summed E-state index contributed by atoms with van der Waals surface area (Å²) in [6, 6.07) is 10.2. The Kier molecular flexibility index (Phi) is 7.49. The fraction of sp³-hybridized carbons (Fsp3) is 0.565. The van der Waals surface area contributed by atoms with Gasteiger partial charge in [0.1, 0.15) is 5.82 Å². The quantitative estimate of drug-likeness (QED) is 0.724. The molecule has 1 N–H and O–H groups in total. The summed E-state index contributed by atoms with van der Waals surface area (Å²) in [6.07, 6.45) is 5.57. The summed E-state index contributed by atoms with van der Waals surface area (Å²) < 4.78 is 8.27. The molecule has 0 aliphatic carbocycles. The van der Waals surface area contributed by atoms with Gasteiger partial charge in [-0.05, 0) is 44.3 Å². The van der Waals surface area contributed by atoms with E-state index in [0.717, 1.165) is 56.8 Å². The zero-order valence-electron chi connectivity index (χ0n) is 18.3. The van der Waals surface area contributed by atoms with Gasteiger partial charge in [-0.3, -0.25) is 9.59 Å². The van der Waals surface area contributed by atoms with E-state index in [4.69, 9.17) is 14.6 Å². The highest BCUT2D eigenvalue weighted by Crippen LogP contribution is 2.32. The van der Waals surface area contributed by atoms with Crippen LogP contribution in [-0.4, -0.2) is 80.9 Å². The van der Waals surface area contributed by atoms with Crippen molar-refractivity contribution in [2.75, 3.05) is 32.8 Å². The van der Waals surface area contributed by atoms with Crippen LogP contribution in [0.4, 0.5) is 0 Å². The number of fused-ring (bicyclic) bond motifs is 1. The normalized spacial score (nSPS) is 23.2. The number of rotatable bonds is 4. The van der Waals surface area contributed by atoms with Gasteiger partial charge in [0.25, 0.3) is 12.4 Å². The van der Waals surface area contributed by atoms with Crippen LogP contribution in [0.15, 0.2) is 30.3 Å². The molecule has 0 radical (unpaired) electrons. The Morgan fingerprint density at radius 1 is 1.06 bits per heavy atom. The van der Waals surface area contributed by atoms with E-state index in [9.17, 15) is 4.79 Å². The first-order valence-corrected chi connectivity index (χ1v) is 11.4. The number of carbonyl (C=O) groups is 2. The lowest BCUT2D eigenvalue weighted by Gasteiger charge is -2.42. The molecule has 3 aliphatic rings. The highest BCUT2D eigenvalue weighted by molar-refractivity contribution is 5.91. The van der Waals surface area contributed by atoms with E-state index in [2.05, 4.69) is 27.2 Å². The van der Waals surface area contributed by atoms with Gasteiger partial charge in [-0.25, -0.2) is 0 Å². The van der Waals surface area contributed by atoms with Crippen LogP contribution in [0.3, 0.4) is 0 Å². The number of aromatic nitrogens is 3. The lowest BCUT2D eigenvalue weighted by atomic mass is 9.97. The maximum Gasteiger partial charge on any atom is 0.292 e. The van der Waals surface area contributed by atoms with Gasteiger partial charge < -0.3 is 24.2 Å². The monoisotopic (exact) mass is 441 g/mol. The van der Waals surface area contributed by atoms with Crippen molar-refractivity contribution in [1.29, 1.82) is 0 Å². The number of carbonyl (C=O) groups excluding carboxylic acids is 1. The van der Waals surface area contributed by atoms with E-state index in [-0.39, 0.29) is 24.5 Å². The van der Waals surface area contributed by atoms with E-state index in [1.54, 1.807) is 0 Å². The Hall–Kier alpha value is -2.78. The van der Waals surface area contributed by atoms with Gasteiger partial charge in [-0.1, -0.05) is 30.3 Å². The zero-order chi connectivity index (χ0) is 22.3. The van der Waals surface area contributed by atoms with Crippen LogP contribution in [0.2, 0.25) is 0 Å². The number of aryl methyl sites for hydroxylation is 1. The van der Waals surface area contributed by atoms with Gasteiger partial charge in [-0.2, -0.15) is 0 Å². The second-order valence-corrected chi connectivity index (χ2v) is 8.43. The Balaban J connectivity index is 0.000000775. The topological polar surface area (TPSA) is 101 Å². The maximum atomic E-state index is 13.6. The zero-order valence-corrected chi connectivity index (χ0v) is 18.3. The molecule has 4 heterocycles. The van der Waals surface area contributed by atoms with Crippen molar-refractivity contribution in [2.24, 2.45) is 0 Å². The van der Waals surface area contributed by atoms with E-state index >= 15 is 0 Å². The number of benzene rings is 1. The summed E-state index contributed by atoms with van der Waals surface area (Å²) in [5, 5.41) is 15.5. The van der Waals surface area contributed by atoms with E-state index in [0.29, 0.717) is 19.0 Å². The molecule has 2 atom stereocenters. The number of morpholine rings is 1. The number of hydrogen-bond donors (Lipinski definition) is 1. The predicted octanol–water partition coefficient (Wildman–Crippen LogP) is 1.99. The first-order valence-electron chi connectivity index (χ1n) is 11.4. The van der Waals surface area contributed by atoms with Gasteiger partial charge in [-0.15, -0.1) is 10.2 Å². The van der Waals surface area contributed by atoms with Crippen molar-refractivity contribution in [1.82, 2.24) is 24.6 Å². The molecular formula is C23H31N5O4. The number of amides is 1. The highest BCUT2D eigenvalue weighted by Gasteiger charge is 2.39. The minimum Gasteiger partial charge on any atom is -0.483 e. The van der Waals surface area contributed by atoms with Crippen molar-refractivity contribution in [2.45, 2.75) is 50.8 Å². The highest BCUT2D eigenvalue weighted by atomic mass is 16.5. The summed E-state index contributed by atoms with van der Waals surface area (Å²) in [5.74, 6) is 1.41. The fourth-order valence-corrected chi connectivity index (χ4v) is 4.97. The smallest absolute Gasteiger partial charge is 0.292 e. The van der Waals surface area contributed by atoms with E-state index in [1.165, 1.54) is 12.8 Å². The molecule has 9 heteroatoms. The van der Waals surface area contributed by atoms with Crippen molar-refractivity contribution in [3.8, 4) is 0 Å². The van der Waals surface area contributed by atoms with Gasteiger partial charge >= 0.3 is 0 Å². The lowest BCUT2D eigenvalue weighted by molar-refractivity contribution is -0.122. The SMILES string of the molecule is O=C(c1nnc2n1CCCC2)N1CCO[C@@H](CN2CCCC2)[C@@H]1c1ccccc1.O=CO. The van der Waals surface area contributed by atoms with Crippen LogP contribution in [0.25, 0.3) is 0 Å². The largest absolute Gasteiger partial charge is 0.483 e. The number of likely N-dealkylation sites (tertiary alicyclic amines) is 1. The van der Waals surface area contributed by atoms with Crippen LogP contribution in [-0.2, 0) is 22.5 Å². The summed E-state index contributed by atoms with van der Waals surface area (Å²) in [7, 11) is 0. The van der Waals surface area contributed by atoms with Crippen LogP contribution >= 0.6 is 0 Å². The molecule has 1 aromatic carbocycles. The summed E-state index contributed by atoms with van der Waals surface area (Å²) in [5.41, 5.74) is 1.13. The van der Waals surface area contributed by atoms with Gasteiger partial charge in [0, 0.05) is 26.1 Å². The molecule has 9 nitrogen and oxygen atoms in total. The lowest BCUT2D eigenvalue weighted by Crippen LogP contribution is -2.52. The minimum absolute atomic E-state index is 0.0192. The van der Waals surface area contributed by atoms with Crippen molar-refractivity contribution >= 4 is 12.4 Å².